The van der Waals surface area contributed by atoms with E-state index in [1.54, 1.807) is 0 Å². The second-order valence-corrected chi connectivity index (χ2v) is 8.27. The quantitative estimate of drug-likeness (QED) is 0.640. The predicted molar refractivity (Wildman–Crippen MR) is 118 cm³/mol. The maximum atomic E-state index is 12.6. The van der Waals surface area contributed by atoms with Crippen molar-refractivity contribution in [2.75, 3.05) is 6.61 Å². The van der Waals surface area contributed by atoms with E-state index in [4.69, 9.17) is 4.74 Å². The van der Waals surface area contributed by atoms with Crippen LogP contribution in [-0.2, 0) is 32.0 Å². The molecule has 0 aliphatic heterocycles. The molecule has 2 N–H and O–H groups in total. The van der Waals surface area contributed by atoms with Crippen molar-refractivity contribution in [1.29, 1.82) is 0 Å². The fourth-order valence-corrected chi connectivity index (χ4v) is 3.87. The van der Waals surface area contributed by atoms with Gasteiger partial charge in [-0.05, 0) is 41.9 Å². The molecule has 0 heterocycles. The van der Waals surface area contributed by atoms with Crippen molar-refractivity contribution in [3.63, 3.8) is 0 Å². The first-order valence-corrected chi connectivity index (χ1v) is 10.8. The van der Waals surface area contributed by atoms with Gasteiger partial charge in [0.1, 0.15) is 6.04 Å². The SMILES string of the molecule is CC(C)[C@H](NC(=O)Cc1ccccc1)C(=O)OCC(=O)N[C@H]1CCCc2ccccc21. The molecule has 1 aliphatic carbocycles. The summed E-state index contributed by atoms with van der Waals surface area (Å²) in [5.74, 6) is -1.37. The highest BCUT2D eigenvalue weighted by Gasteiger charge is 2.27. The number of ether oxygens (including phenoxy) is 1. The first kappa shape index (κ1) is 22.5. The van der Waals surface area contributed by atoms with E-state index < -0.39 is 12.0 Å². The molecule has 6 nitrogen and oxygen atoms in total. The Balaban J connectivity index is 1.50. The second-order valence-electron chi connectivity index (χ2n) is 8.27. The normalized spacial score (nSPS) is 16.2. The van der Waals surface area contributed by atoms with Crippen molar-refractivity contribution in [3.05, 3.63) is 71.3 Å². The molecule has 2 aromatic rings. The zero-order valence-electron chi connectivity index (χ0n) is 18.1. The van der Waals surface area contributed by atoms with Crippen LogP contribution in [0.2, 0.25) is 0 Å². The molecular formula is C25H30N2O4. The standard InChI is InChI=1S/C25H30N2O4/c1-17(2)24(27-22(28)15-18-9-4-3-5-10-18)25(30)31-16-23(29)26-21-14-8-12-19-11-6-7-13-20(19)21/h3-7,9-11,13,17,21,24H,8,12,14-16H2,1-2H3,(H,26,29)(H,27,28)/t21-,24-/m0/s1. The Morgan fingerprint density at radius 1 is 1.00 bits per heavy atom. The van der Waals surface area contributed by atoms with Gasteiger partial charge in [-0.2, -0.15) is 0 Å². The van der Waals surface area contributed by atoms with Crippen molar-refractivity contribution in [1.82, 2.24) is 10.6 Å². The van der Waals surface area contributed by atoms with Gasteiger partial charge in [-0.3, -0.25) is 9.59 Å². The average molecular weight is 423 g/mol. The highest BCUT2D eigenvalue weighted by atomic mass is 16.5. The number of carbonyl (C=O) groups is 3. The van der Waals surface area contributed by atoms with E-state index in [1.807, 2.05) is 62.4 Å². The van der Waals surface area contributed by atoms with E-state index in [0.29, 0.717) is 0 Å². The molecule has 0 radical (unpaired) electrons. The summed E-state index contributed by atoms with van der Waals surface area (Å²) in [4.78, 5) is 37.3. The van der Waals surface area contributed by atoms with Gasteiger partial charge in [0.05, 0.1) is 12.5 Å². The van der Waals surface area contributed by atoms with Crippen LogP contribution in [0, 0.1) is 5.92 Å². The largest absolute Gasteiger partial charge is 0.454 e. The topological polar surface area (TPSA) is 84.5 Å². The number of esters is 1. The molecule has 0 bridgehead atoms. The van der Waals surface area contributed by atoms with E-state index in [-0.39, 0.29) is 36.8 Å². The minimum atomic E-state index is -0.806. The van der Waals surface area contributed by atoms with Gasteiger partial charge >= 0.3 is 5.97 Å². The van der Waals surface area contributed by atoms with Crippen LogP contribution in [0.25, 0.3) is 0 Å². The van der Waals surface area contributed by atoms with Crippen LogP contribution in [0.4, 0.5) is 0 Å². The zero-order valence-corrected chi connectivity index (χ0v) is 18.1. The number of carbonyl (C=O) groups excluding carboxylic acids is 3. The maximum absolute atomic E-state index is 12.6. The van der Waals surface area contributed by atoms with E-state index in [9.17, 15) is 14.4 Å². The Kier molecular flexibility index (Phi) is 7.82. The monoisotopic (exact) mass is 422 g/mol. The third-order valence-electron chi connectivity index (χ3n) is 5.49. The van der Waals surface area contributed by atoms with Gasteiger partial charge < -0.3 is 15.4 Å². The molecule has 0 saturated carbocycles. The summed E-state index contributed by atoms with van der Waals surface area (Å²) in [5, 5.41) is 5.71. The molecule has 6 heteroatoms. The molecule has 2 atom stereocenters. The van der Waals surface area contributed by atoms with Crippen molar-refractivity contribution in [2.45, 2.75) is 51.6 Å². The third-order valence-corrected chi connectivity index (χ3v) is 5.49. The maximum Gasteiger partial charge on any atom is 0.329 e. The van der Waals surface area contributed by atoms with Gasteiger partial charge in [0.15, 0.2) is 6.61 Å². The van der Waals surface area contributed by atoms with Gasteiger partial charge in [0.25, 0.3) is 5.91 Å². The predicted octanol–water partition coefficient (Wildman–Crippen LogP) is 3.11. The van der Waals surface area contributed by atoms with Gasteiger partial charge in [-0.15, -0.1) is 0 Å². The minimum Gasteiger partial charge on any atom is -0.454 e. The van der Waals surface area contributed by atoms with Crippen LogP contribution in [0.1, 0.15) is 49.4 Å². The summed E-state index contributed by atoms with van der Waals surface area (Å²) in [7, 11) is 0. The van der Waals surface area contributed by atoms with Crippen LogP contribution in [-0.4, -0.2) is 30.4 Å². The Labute approximate surface area is 183 Å². The van der Waals surface area contributed by atoms with Crippen molar-refractivity contribution >= 4 is 17.8 Å². The number of hydrogen-bond donors (Lipinski definition) is 2. The Morgan fingerprint density at radius 2 is 1.71 bits per heavy atom. The Hall–Kier alpha value is -3.15. The van der Waals surface area contributed by atoms with Crippen molar-refractivity contribution < 1.29 is 19.1 Å². The van der Waals surface area contributed by atoms with Crippen molar-refractivity contribution in [3.8, 4) is 0 Å². The number of fused-ring (bicyclic) bond motifs is 1. The molecule has 2 amide bonds. The molecule has 1 aliphatic rings. The molecule has 0 saturated heterocycles. The fourth-order valence-electron chi connectivity index (χ4n) is 3.87. The average Bonchev–Trinajstić information content (AvgIpc) is 2.76. The van der Waals surface area contributed by atoms with E-state index in [1.165, 1.54) is 5.56 Å². The number of amides is 2. The molecule has 0 fully saturated rings. The number of hydrogen-bond acceptors (Lipinski definition) is 4. The highest BCUT2D eigenvalue weighted by Crippen LogP contribution is 2.29. The lowest BCUT2D eigenvalue weighted by Crippen LogP contribution is -2.46. The second kappa shape index (κ2) is 10.8. The molecule has 31 heavy (non-hydrogen) atoms. The molecule has 164 valence electrons. The lowest BCUT2D eigenvalue weighted by atomic mass is 9.88. The number of aryl methyl sites for hydroxylation is 1. The molecule has 0 aromatic heterocycles. The Bertz CT molecular complexity index is 911. The summed E-state index contributed by atoms with van der Waals surface area (Å²) in [6, 6.07) is 16.5. The van der Waals surface area contributed by atoms with Crippen LogP contribution in [0.3, 0.4) is 0 Å². The number of rotatable bonds is 8. The molecule has 3 rings (SSSR count). The van der Waals surface area contributed by atoms with Crippen LogP contribution < -0.4 is 10.6 Å². The first-order chi connectivity index (χ1) is 14.9. The highest BCUT2D eigenvalue weighted by molar-refractivity contribution is 5.87. The summed E-state index contributed by atoms with van der Waals surface area (Å²) in [5.41, 5.74) is 3.24. The summed E-state index contributed by atoms with van der Waals surface area (Å²) >= 11 is 0. The fraction of sp³-hybridized carbons (Fsp3) is 0.400. The van der Waals surface area contributed by atoms with E-state index >= 15 is 0 Å². The third kappa shape index (κ3) is 6.41. The lowest BCUT2D eigenvalue weighted by molar-refractivity contribution is -0.153. The number of nitrogens with one attached hydrogen (secondary N) is 2. The van der Waals surface area contributed by atoms with Gasteiger partial charge in [0.2, 0.25) is 5.91 Å². The van der Waals surface area contributed by atoms with Gasteiger partial charge in [-0.1, -0.05) is 68.4 Å². The van der Waals surface area contributed by atoms with Crippen molar-refractivity contribution in [2.24, 2.45) is 5.92 Å². The lowest BCUT2D eigenvalue weighted by Gasteiger charge is -2.26. The zero-order chi connectivity index (χ0) is 22.2. The van der Waals surface area contributed by atoms with Gasteiger partial charge in [0, 0.05) is 0 Å². The number of benzene rings is 2. The first-order valence-electron chi connectivity index (χ1n) is 10.8. The van der Waals surface area contributed by atoms with E-state index in [2.05, 4.69) is 16.7 Å². The van der Waals surface area contributed by atoms with E-state index in [0.717, 1.165) is 30.4 Å². The molecule has 2 aromatic carbocycles. The van der Waals surface area contributed by atoms with Gasteiger partial charge in [-0.25, -0.2) is 4.79 Å². The van der Waals surface area contributed by atoms with Crippen LogP contribution >= 0.6 is 0 Å². The molecule has 0 unspecified atom stereocenters. The van der Waals surface area contributed by atoms with Crippen LogP contribution in [0.15, 0.2) is 54.6 Å². The Morgan fingerprint density at radius 3 is 2.45 bits per heavy atom. The smallest absolute Gasteiger partial charge is 0.329 e. The summed E-state index contributed by atoms with van der Waals surface area (Å²) in [6.07, 6.45) is 3.06. The molecular weight excluding hydrogens is 392 g/mol. The summed E-state index contributed by atoms with van der Waals surface area (Å²) < 4.78 is 5.24. The minimum absolute atomic E-state index is 0.0670. The van der Waals surface area contributed by atoms with Crippen LogP contribution in [0.5, 0.6) is 0 Å². The molecule has 0 spiro atoms. The summed E-state index contributed by atoms with van der Waals surface area (Å²) in [6.45, 7) is 3.29.